The van der Waals surface area contributed by atoms with Crippen LogP contribution in [0.25, 0.3) is 0 Å². The van der Waals surface area contributed by atoms with Gasteiger partial charge in [0.1, 0.15) is 5.75 Å². The Bertz CT molecular complexity index is 315. The third-order valence-electron chi connectivity index (χ3n) is 2.23. The topological polar surface area (TPSA) is 21.3 Å². The monoisotopic (exact) mass is 241 g/mol. The zero-order chi connectivity index (χ0) is 11.8. The molecule has 0 aliphatic carbocycles. The van der Waals surface area contributed by atoms with Crippen molar-refractivity contribution < 1.29 is 4.74 Å². The molecule has 0 unspecified atom stereocenters. The first kappa shape index (κ1) is 13.3. The van der Waals surface area contributed by atoms with Gasteiger partial charge in [-0.2, -0.15) is 0 Å². The van der Waals surface area contributed by atoms with E-state index in [2.05, 4.69) is 19.2 Å². The predicted octanol–water partition coefficient (Wildman–Crippen LogP) is 3.63. The number of halogens is 1. The van der Waals surface area contributed by atoms with Crippen molar-refractivity contribution in [1.82, 2.24) is 5.32 Å². The van der Waals surface area contributed by atoms with Gasteiger partial charge in [0.05, 0.1) is 6.61 Å². The molecule has 0 amide bonds. The quantitative estimate of drug-likeness (QED) is 0.736. The second kappa shape index (κ2) is 7.53. The fraction of sp³-hybridized carbons (Fsp3) is 0.538. The van der Waals surface area contributed by atoms with Gasteiger partial charge in [0.2, 0.25) is 0 Å². The Morgan fingerprint density at radius 2 is 2.06 bits per heavy atom. The van der Waals surface area contributed by atoms with Gasteiger partial charge in [0, 0.05) is 17.1 Å². The van der Waals surface area contributed by atoms with Gasteiger partial charge >= 0.3 is 0 Å². The van der Waals surface area contributed by atoms with Crippen molar-refractivity contribution in [3.8, 4) is 5.75 Å². The standard InChI is InChI=1S/C13H20ClNO/c1-3-7-15-10-11-9-12(14)5-6-13(11)16-8-4-2/h5-6,9,15H,3-4,7-8,10H2,1-2H3. The molecule has 0 bridgehead atoms. The maximum atomic E-state index is 5.98. The van der Waals surface area contributed by atoms with E-state index in [0.29, 0.717) is 0 Å². The van der Waals surface area contributed by atoms with Crippen molar-refractivity contribution in [2.24, 2.45) is 0 Å². The van der Waals surface area contributed by atoms with Crippen LogP contribution in [0.4, 0.5) is 0 Å². The summed E-state index contributed by atoms with van der Waals surface area (Å²) in [4.78, 5) is 0. The zero-order valence-corrected chi connectivity index (χ0v) is 10.8. The molecular weight excluding hydrogens is 222 g/mol. The number of hydrogen-bond acceptors (Lipinski definition) is 2. The molecule has 90 valence electrons. The van der Waals surface area contributed by atoms with Crippen molar-refractivity contribution in [2.45, 2.75) is 33.2 Å². The summed E-state index contributed by atoms with van der Waals surface area (Å²) >= 11 is 5.98. The molecule has 0 atom stereocenters. The Kier molecular flexibility index (Phi) is 6.27. The normalized spacial score (nSPS) is 10.4. The summed E-state index contributed by atoms with van der Waals surface area (Å²) in [5.41, 5.74) is 1.13. The van der Waals surface area contributed by atoms with E-state index in [9.17, 15) is 0 Å². The van der Waals surface area contributed by atoms with Gasteiger partial charge in [-0.05, 0) is 37.6 Å². The molecule has 0 saturated heterocycles. The molecular formula is C13H20ClNO. The average molecular weight is 242 g/mol. The maximum absolute atomic E-state index is 5.98. The van der Waals surface area contributed by atoms with Gasteiger partial charge in [0.25, 0.3) is 0 Å². The van der Waals surface area contributed by atoms with E-state index in [-0.39, 0.29) is 0 Å². The molecule has 0 saturated carbocycles. The van der Waals surface area contributed by atoms with Gasteiger partial charge in [-0.15, -0.1) is 0 Å². The lowest BCUT2D eigenvalue weighted by molar-refractivity contribution is 0.313. The Hall–Kier alpha value is -0.730. The van der Waals surface area contributed by atoms with Crippen molar-refractivity contribution in [3.05, 3.63) is 28.8 Å². The molecule has 1 aromatic carbocycles. The van der Waals surface area contributed by atoms with E-state index in [1.54, 1.807) is 0 Å². The van der Waals surface area contributed by atoms with Gasteiger partial charge in [-0.3, -0.25) is 0 Å². The van der Waals surface area contributed by atoms with Crippen LogP contribution in [0.2, 0.25) is 5.02 Å². The van der Waals surface area contributed by atoms with E-state index in [0.717, 1.165) is 48.9 Å². The fourth-order valence-corrected chi connectivity index (χ4v) is 1.63. The average Bonchev–Trinajstić information content (AvgIpc) is 2.28. The van der Waals surface area contributed by atoms with Crippen LogP contribution in [-0.4, -0.2) is 13.2 Å². The third kappa shape index (κ3) is 4.42. The minimum atomic E-state index is 0.752. The van der Waals surface area contributed by atoms with Crippen LogP contribution in [0.15, 0.2) is 18.2 Å². The molecule has 0 fully saturated rings. The molecule has 0 aliphatic rings. The zero-order valence-electron chi connectivity index (χ0n) is 10.1. The first-order chi connectivity index (χ1) is 7.77. The lowest BCUT2D eigenvalue weighted by Gasteiger charge is -2.11. The lowest BCUT2D eigenvalue weighted by Crippen LogP contribution is -2.14. The summed E-state index contributed by atoms with van der Waals surface area (Å²) in [6.07, 6.45) is 2.15. The fourth-order valence-electron chi connectivity index (χ4n) is 1.44. The summed E-state index contributed by atoms with van der Waals surface area (Å²) in [6, 6.07) is 5.78. The van der Waals surface area contributed by atoms with Crippen molar-refractivity contribution in [3.63, 3.8) is 0 Å². The highest BCUT2D eigenvalue weighted by atomic mass is 35.5. The second-order valence-corrected chi connectivity index (χ2v) is 4.21. The number of ether oxygens (including phenoxy) is 1. The number of rotatable bonds is 7. The van der Waals surface area contributed by atoms with Crippen LogP contribution in [0.3, 0.4) is 0 Å². The Balaban J connectivity index is 2.65. The molecule has 0 aliphatic heterocycles. The summed E-state index contributed by atoms with van der Waals surface area (Å²) in [5.74, 6) is 0.940. The number of nitrogens with one attached hydrogen (secondary N) is 1. The second-order valence-electron chi connectivity index (χ2n) is 3.78. The molecule has 0 heterocycles. The minimum Gasteiger partial charge on any atom is -0.493 e. The Morgan fingerprint density at radius 3 is 2.75 bits per heavy atom. The summed E-state index contributed by atoms with van der Waals surface area (Å²) in [5, 5.41) is 4.12. The smallest absolute Gasteiger partial charge is 0.123 e. The molecule has 0 radical (unpaired) electrons. The van der Waals surface area contributed by atoms with E-state index in [4.69, 9.17) is 16.3 Å². The van der Waals surface area contributed by atoms with Gasteiger partial charge in [-0.25, -0.2) is 0 Å². The SMILES string of the molecule is CCCNCc1cc(Cl)ccc1OCCC. The summed E-state index contributed by atoms with van der Waals surface area (Å²) < 4.78 is 5.67. The molecule has 0 aromatic heterocycles. The highest BCUT2D eigenvalue weighted by Crippen LogP contribution is 2.23. The van der Waals surface area contributed by atoms with Crippen LogP contribution in [0.5, 0.6) is 5.75 Å². The van der Waals surface area contributed by atoms with Crippen molar-refractivity contribution >= 4 is 11.6 Å². The molecule has 1 rings (SSSR count). The molecule has 16 heavy (non-hydrogen) atoms. The van der Waals surface area contributed by atoms with Gasteiger partial charge in [0.15, 0.2) is 0 Å². The van der Waals surface area contributed by atoms with Crippen LogP contribution < -0.4 is 10.1 Å². The largest absolute Gasteiger partial charge is 0.493 e. The van der Waals surface area contributed by atoms with Crippen LogP contribution in [0.1, 0.15) is 32.3 Å². The van der Waals surface area contributed by atoms with E-state index >= 15 is 0 Å². The van der Waals surface area contributed by atoms with E-state index in [1.165, 1.54) is 0 Å². The molecule has 3 heteroatoms. The molecule has 1 aromatic rings. The van der Waals surface area contributed by atoms with Crippen LogP contribution in [0, 0.1) is 0 Å². The van der Waals surface area contributed by atoms with Gasteiger partial charge in [-0.1, -0.05) is 25.4 Å². The number of hydrogen-bond donors (Lipinski definition) is 1. The molecule has 2 nitrogen and oxygen atoms in total. The first-order valence-electron chi connectivity index (χ1n) is 5.89. The highest BCUT2D eigenvalue weighted by Gasteiger charge is 2.04. The van der Waals surface area contributed by atoms with Crippen molar-refractivity contribution in [2.75, 3.05) is 13.2 Å². The molecule has 1 N–H and O–H groups in total. The van der Waals surface area contributed by atoms with Crippen LogP contribution >= 0.6 is 11.6 Å². The summed E-state index contributed by atoms with van der Waals surface area (Å²) in [6.45, 7) is 6.83. The summed E-state index contributed by atoms with van der Waals surface area (Å²) in [7, 11) is 0. The highest BCUT2D eigenvalue weighted by molar-refractivity contribution is 6.30. The number of benzene rings is 1. The lowest BCUT2D eigenvalue weighted by atomic mass is 10.2. The first-order valence-corrected chi connectivity index (χ1v) is 6.27. The van der Waals surface area contributed by atoms with Crippen LogP contribution in [-0.2, 0) is 6.54 Å². The predicted molar refractivity (Wildman–Crippen MR) is 69.2 cm³/mol. The van der Waals surface area contributed by atoms with Gasteiger partial charge < -0.3 is 10.1 Å². The molecule has 0 spiro atoms. The van der Waals surface area contributed by atoms with E-state index in [1.807, 2.05) is 18.2 Å². The Labute approximate surface area is 103 Å². The van der Waals surface area contributed by atoms with E-state index < -0.39 is 0 Å². The maximum Gasteiger partial charge on any atom is 0.123 e. The third-order valence-corrected chi connectivity index (χ3v) is 2.46. The minimum absolute atomic E-state index is 0.752. The Morgan fingerprint density at radius 1 is 1.25 bits per heavy atom. The van der Waals surface area contributed by atoms with Crippen molar-refractivity contribution in [1.29, 1.82) is 0 Å².